The topological polar surface area (TPSA) is 73.6 Å². The summed E-state index contributed by atoms with van der Waals surface area (Å²) < 4.78 is 10.3. The van der Waals surface area contributed by atoms with Gasteiger partial charge in [0.1, 0.15) is 5.75 Å². The zero-order chi connectivity index (χ0) is 14.1. The number of benzene rings is 1. The van der Waals surface area contributed by atoms with Crippen LogP contribution >= 0.6 is 0 Å². The van der Waals surface area contributed by atoms with E-state index in [-0.39, 0.29) is 18.6 Å². The lowest BCUT2D eigenvalue weighted by molar-refractivity contribution is -0.123. The summed E-state index contributed by atoms with van der Waals surface area (Å²) in [4.78, 5) is 11.5. The highest BCUT2D eigenvalue weighted by molar-refractivity contribution is 5.77. The summed E-state index contributed by atoms with van der Waals surface area (Å²) in [6, 6.07) is 7.43. The summed E-state index contributed by atoms with van der Waals surface area (Å²) >= 11 is 0. The van der Waals surface area contributed by atoms with E-state index in [0.717, 1.165) is 12.0 Å². The van der Waals surface area contributed by atoms with Crippen molar-refractivity contribution in [3.8, 4) is 5.75 Å². The molecule has 1 atom stereocenters. The van der Waals surface area contributed by atoms with E-state index in [1.54, 1.807) is 7.11 Å². The smallest absolute Gasteiger partial charge is 0.257 e. The molecule has 1 aromatic carbocycles. The van der Waals surface area contributed by atoms with E-state index < -0.39 is 0 Å². The minimum Gasteiger partial charge on any atom is -0.484 e. The molecule has 5 nitrogen and oxygen atoms in total. The Morgan fingerprint density at radius 2 is 2.05 bits per heavy atom. The quantitative estimate of drug-likeness (QED) is 0.694. The van der Waals surface area contributed by atoms with Crippen molar-refractivity contribution in [2.75, 3.05) is 26.9 Å². The highest BCUT2D eigenvalue weighted by Gasteiger charge is 2.03. The van der Waals surface area contributed by atoms with Crippen LogP contribution in [0.4, 0.5) is 0 Å². The van der Waals surface area contributed by atoms with Crippen molar-refractivity contribution in [2.24, 2.45) is 5.73 Å². The maximum atomic E-state index is 11.5. The van der Waals surface area contributed by atoms with Crippen molar-refractivity contribution >= 4 is 5.91 Å². The Labute approximate surface area is 114 Å². The molecule has 0 aliphatic heterocycles. The van der Waals surface area contributed by atoms with Crippen LogP contribution in [0.25, 0.3) is 0 Å². The lowest BCUT2D eigenvalue weighted by Crippen LogP contribution is -2.30. The first kappa shape index (κ1) is 15.5. The fraction of sp³-hybridized carbons (Fsp3) is 0.500. The third-order valence-electron chi connectivity index (χ3n) is 2.62. The van der Waals surface area contributed by atoms with Gasteiger partial charge in [-0.2, -0.15) is 0 Å². The highest BCUT2D eigenvalue weighted by atomic mass is 16.5. The van der Waals surface area contributed by atoms with Crippen LogP contribution in [-0.4, -0.2) is 32.8 Å². The van der Waals surface area contributed by atoms with Crippen molar-refractivity contribution in [2.45, 2.75) is 19.4 Å². The fourth-order valence-corrected chi connectivity index (χ4v) is 1.51. The van der Waals surface area contributed by atoms with Gasteiger partial charge < -0.3 is 20.5 Å². The number of carbonyl (C=O) groups is 1. The molecule has 0 saturated heterocycles. The normalized spacial score (nSPS) is 11.9. The van der Waals surface area contributed by atoms with Gasteiger partial charge in [0.05, 0.1) is 0 Å². The van der Waals surface area contributed by atoms with E-state index in [4.69, 9.17) is 15.2 Å². The lowest BCUT2D eigenvalue weighted by atomic mass is 10.1. The molecule has 5 heteroatoms. The summed E-state index contributed by atoms with van der Waals surface area (Å²) in [6.07, 6.45) is 0.797. The molecular weight excluding hydrogens is 244 g/mol. The first-order valence-corrected chi connectivity index (χ1v) is 6.37. The van der Waals surface area contributed by atoms with Gasteiger partial charge in [-0.1, -0.05) is 12.1 Å². The van der Waals surface area contributed by atoms with Crippen LogP contribution in [0.15, 0.2) is 24.3 Å². The van der Waals surface area contributed by atoms with Crippen LogP contribution in [0, 0.1) is 0 Å². The van der Waals surface area contributed by atoms with Gasteiger partial charge in [-0.05, 0) is 31.0 Å². The fourth-order valence-electron chi connectivity index (χ4n) is 1.51. The van der Waals surface area contributed by atoms with Crippen LogP contribution in [0.2, 0.25) is 0 Å². The number of carbonyl (C=O) groups excluding carboxylic acids is 1. The Bertz CT molecular complexity index is 377. The number of amides is 1. The Balaban J connectivity index is 2.26. The average Bonchev–Trinajstić information content (AvgIpc) is 2.42. The lowest BCUT2D eigenvalue weighted by Gasteiger charge is -2.09. The molecule has 0 saturated carbocycles. The maximum absolute atomic E-state index is 11.5. The monoisotopic (exact) mass is 266 g/mol. The molecule has 3 N–H and O–H groups in total. The van der Waals surface area contributed by atoms with Crippen LogP contribution in [-0.2, 0) is 9.53 Å². The van der Waals surface area contributed by atoms with Gasteiger partial charge in [0, 0.05) is 26.3 Å². The van der Waals surface area contributed by atoms with E-state index >= 15 is 0 Å². The zero-order valence-corrected chi connectivity index (χ0v) is 11.5. The molecule has 0 heterocycles. The molecule has 0 aliphatic carbocycles. The first-order chi connectivity index (χ1) is 9.13. The second-order valence-electron chi connectivity index (χ2n) is 4.34. The predicted octanol–water partition coefficient (Wildman–Crippen LogP) is 1.24. The zero-order valence-electron chi connectivity index (χ0n) is 11.5. The summed E-state index contributed by atoms with van der Waals surface area (Å²) in [5.74, 6) is 0.531. The van der Waals surface area contributed by atoms with Crippen molar-refractivity contribution in [3.05, 3.63) is 29.8 Å². The Morgan fingerprint density at radius 1 is 1.37 bits per heavy atom. The van der Waals surface area contributed by atoms with Gasteiger partial charge in [-0.15, -0.1) is 0 Å². The van der Waals surface area contributed by atoms with E-state index in [2.05, 4.69) is 5.32 Å². The number of nitrogens with two attached hydrogens (primary N) is 1. The van der Waals surface area contributed by atoms with Crippen molar-refractivity contribution in [1.29, 1.82) is 0 Å². The molecule has 0 radical (unpaired) electrons. The SMILES string of the molecule is COCCCNC(=O)COc1ccc([C@@H](C)N)cc1. The second-order valence-corrected chi connectivity index (χ2v) is 4.34. The third kappa shape index (κ3) is 6.22. The second kappa shape index (κ2) is 8.50. The van der Waals surface area contributed by atoms with E-state index in [9.17, 15) is 4.79 Å². The predicted molar refractivity (Wildman–Crippen MR) is 74.0 cm³/mol. The number of hydrogen-bond donors (Lipinski definition) is 2. The minimum atomic E-state index is -0.132. The molecule has 1 aromatic rings. The summed E-state index contributed by atoms with van der Waals surface area (Å²) in [5, 5.41) is 2.75. The van der Waals surface area contributed by atoms with E-state index in [1.807, 2.05) is 31.2 Å². The van der Waals surface area contributed by atoms with Gasteiger partial charge in [-0.3, -0.25) is 4.79 Å². The molecule has 0 spiro atoms. The van der Waals surface area contributed by atoms with Crippen LogP contribution in [0.5, 0.6) is 5.75 Å². The summed E-state index contributed by atoms with van der Waals surface area (Å²) in [7, 11) is 1.64. The first-order valence-electron chi connectivity index (χ1n) is 6.37. The van der Waals surface area contributed by atoms with Gasteiger partial charge in [-0.25, -0.2) is 0 Å². The standard InChI is InChI=1S/C14H22N2O3/c1-11(15)12-4-6-13(7-5-12)19-10-14(17)16-8-3-9-18-2/h4-7,11H,3,8-10,15H2,1-2H3,(H,16,17)/t11-/m1/s1. The highest BCUT2D eigenvalue weighted by Crippen LogP contribution is 2.15. The van der Waals surface area contributed by atoms with Gasteiger partial charge in [0.2, 0.25) is 0 Å². The van der Waals surface area contributed by atoms with Gasteiger partial charge in [0.15, 0.2) is 6.61 Å². The molecule has 0 fully saturated rings. The van der Waals surface area contributed by atoms with Crippen molar-refractivity contribution < 1.29 is 14.3 Å². The number of ether oxygens (including phenoxy) is 2. The summed E-state index contributed by atoms with van der Waals surface area (Å²) in [5.41, 5.74) is 6.79. The number of hydrogen-bond acceptors (Lipinski definition) is 4. The molecule has 1 rings (SSSR count). The van der Waals surface area contributed by atoms with E-state index in [0.29, 0.717) is 18.9 Å². The van der Waals surface area contributed by atoms with Crippen LogP contribution in [0.3, 0.4) is 0 Å². The van der Waals surface area contributed by atoms with Crippen molar-refractivity contribution in [1.82, 2.24) is 5.32 Å². The van der Waals surface area contributed by atoms with Gasteiger partial charge >= 0.3 is 0 Å². The summed E-state index contributed by atoms with van der Waals surface area (Å²) in [6.45, 7) is 3.17. The molecule has 0 aromatic heterocycles. The average molecular weight is 266 g/mol. The molecule has 0 bridgehead atoms. The molecule has 19 heavy (non-hydrogen) atoms. The Kier molecular flexibility index (Phi) is 6.92. The molecule has 0 unspecified atom stereocenters. The Hall–Kier alpha value is -1.59. The molecular formula is C14H22N2O3. The largest absolute Gasteiger partial charge is 0.484 e. The molecule has 1 amide bonds. The van der Waals surface area contributed by atoms with Gasteiger partial charge in [0.25, 0.3) is 5.91 Å². The number of methoxy groups -OCH3 is 1. The number of nitrogens with one attached hydrogen (secondary N) is 1. The van der Waals surface area contributed by atoms with Crippen LogP contribution in [0.1, 0.15) is 24.9 Å². The maximum Gasteiger partial charge on any atom is 0.257 e. The van der Waals surface area contributed by atoms with Crippen LogP contribution < -0.4 is 15.8 Å². The molecule has 0 aliphatic rings. The molecule has 106 valence electrons. The van der Waals surface area contributed by atoms with E-state index in [1.165, 1.54) is 0 Å². The number of rotatable bonds is 8. The Morgan fingerprint density at radius 3 is 2.63 bits per heavy atom. The minimum absolute atomic E-state index is 0.00173. The van der Waals surface area contributed by atoms with Crippen molar-refractivity contribution in [3.63, 3.8) is 0 Å². The third-order valence-corrected chi connectivity index (χ3v) is 2.62.